The molecule has 0 aliphatic heterocycles. The highest BCUT2D eigenvalue weighted by atomic mass is 16.3. The fraction of sp³-hybridized carbons (Fsp3) is 0. The van der Waals surface area contributed by atoms with Gasteiger partial charge < -0.3 is 4.42 Å². The maximum atomic E-state index is 9.16. The summed E-state index contributed by atoms with van der Waals surface area (Å²) in [5, 5.41) is 14.1. The van der Waals surface area contributed by atoms with Crippen molar-refractivity contribution in [3.05, 3.63) is 175 Å². The number of hydrogen-bond donors (Lipinski definition) is 0. The topological polar surface area (TPSA) is 49.8 Å². The Labute approximate surface area is 284 Å². The molecule has 0 N–H and O–H groups in total. The SMILES string of the molecule is N#Cc1ccc(-c2ccc(-c3cc(-c4ccccc4)c4nc(-c5ccc(-c6cc7ccccc7c7ccccc67)cc5)oc4c3)cc2)cc1. The normalized spacial score (nSPS) is 11.2. The first-order chi connectivity index (χ1) is 24.2. The van der Waals surface area contributed by atoms with Gasteiger partial charge in [-0.15, -0.1) is 0 Å². The van der Waals surface area contributed by atoms with E-state index in [-0.39, 0.29) is 0 Å². The Balaban J connectivity index is 1.11. The predicted molar refractivity (Wildman–Crippen MR) is 201 cm³/mol. The van der Waals surface area contributed by atoms with Crippen molar-refractivity contribution >= 4 is 32.6 Å². The van der Waals surface area contributed by atoms with Crippen LogP contribution in [-0.2, 0) is 0 Å². The van der Waals surface area contributed by atoms with E-state index < -0.39 is 0 Å². The lowest BCUT2D eigenvalue weighted by Crippen LogP contribution is -1.86. The summed E-state index contributed by atoms with van der Waals surface area (Å²) in [5.41, 5.74) is 11.9. The van der Waals surface area contributed by atoms with Gasteiger partial charge in [0.25, 0.3) is 0 Å². The summed E-state index contributed by atoms with van der Waals surface area (Å²) in [6.07, 6.45) is 0. The van der Waals surface area contributed by atoms with Crippen LogP contribution in [0, 0.1) is 11.3 Å². The van der Waals surface area contributed by atoms with E-state index in [1.54, 1.807) is 0 Å². The van der Waals surface area contributed by atoms with Crippen LogP contribution in [0.5, 0.6) is 0 Å². The minimum atomic E-state index is 0.593. The first kappa shape index (κ1) is 28.5. The van der Waals surface area contributed by atoms with Gasteiger partial charge in [-0.25, -0.2) is 4.98 Å². The van der Waals surface area contributed by atoms with Gasteiger partial charge in [0.1, 0.15) is 5.52 Å². The Morgan fingerprint density at radius 2 is 0.980 bits per heavy atom. The Morgan fingerprint density at radius 1 is 0.429 bits per heavy atom. The monoisotopic (exact) mass is 624 g/mol. The maximum absolute atomic E-state index is 9.16. The molecule has 0 saturated heterocycles. The molecule has 0 amide bonds. The molecule has 0 spiro atoms. The fourth-order valence-corrected chi connectivity index (χ4v) is 6.84. The second-order valence-electron chi connectivity index (χ2n) is 12.3. The van der Waals surface area contributed by atoms with Gasteiger partial charge in [0.15, 0.2) is 5.58 Å². The summed E-state index contributed by atoms with van der Waals surface area (Å²) in [4.78, 5) is 5.07. The second-order valence-corrected chi connectivity index (χ2v) is 12.3. The summed E-state index contributed by atoms with van der Waals surface area (Å²) in [6, 6.07) is 61.1. The van der Waals surface area contributed by atoms with Crippen LogP contribution in [0.15, 0.2) is 174 Å². The maximum Gasteiger partial charge on any atom is 0.227 e. The van der Waals surface area contributed by atoms with Gasteiger partial charge in [-0.1, -0.05) is 127 Å². The summed E-state index contributed by atoms with van der Waals surface area (Å²) in [5.74, 6) is 0.593. The van der Waals surface area contributed by atoms with Crippen LogP contribution in [-0.4, -0.2) is 4.98 Å². The molecule has 3 heteroatoms. The molecule has 3 nitrogen and oxygen atoms in total. The summed E-state index contributed by atoms with van der Waals surface area (Å²) < 4.78 is 6.53. The summed E-state index contributed by atoms with van der Waals surface area (Å²) in [7, 11) is 0. The highest BCUT2D eigenvalue weighted by molar-refractivity contribution is 6.13. The third-order valence-electron chi connectivity index (χ3n) is 9.36. The average molecular weight is 625 g/mol. The fourth-order valence-electron chi connectivity index (χ4n) is 6.84. The Morgan fingerprint density at radius 3 is 1.69 bits per heavy atom. The Hall–Kier alpha value is -6.76. The van der Waals surface area contributed by atoms with E-state index in [1.165, 1.54) is 27.1 Å². The van der Waals surface area contributed by atoms with Crippen LogP contribution in [0.1, 0.15) is 5.56 Å². The molecule has 49 heavy (non-hydrogen) atoms. The highest BCUT2D eigenvalue weighted by Gasteiger charge is 2.17. The Bertz CT molecular complexity index is 2680. The van der Waals surface area contributed by atoms with Gasteiger partial charge in [-0.2, -0.15) is 5.26 Å². The van der Waals surface area contributed by atoms with E-state index in [1.807, 2.05) is 30.3 Å². The van der Waals surface area contributed by atoms with Crippen LogP contribution in [0.2, 0.25) is 0 Å². The molecule has 9 aromatic rings. The molecule has 0 radical (unpaired) electrons. The zero-order valence-corrected chi connectivity index (χ0v) is 26.5. The van der Waals surface area contributed by atoms with Gasteiger partial charge in [0.2, 0.25) is 5.89 Å². The number of aromatic nitrogens is 1. The molecule has 0 bridgehead atoms. The third kappa shape index (κ3) is 5.13. The standard InChI is InChI=1S/C46H28N2O/c47-29-30-14-16-31(17-15-30)32-18-20-33(21-19-32)38-27-43(34-8-2-1-3-9-34)45-44(28-38)49-46(48-45)36-24-22-35(23-25-36)42-26-37-10-4-5-11-39(37)40-12-6-7-13-41(40)42/h1-28H. The van der Waals surface area contributed by atoms with Gasteiger partial charge >= 0.3 is 0 Å². The molecule has 8 aromatic carbocycles. The summed E-state index contributed by atoms with van der Waals surface area (Å²) in [6.45, 7) is 0. The van der Waals surface area contributed by atoms with Gasteiger partial charge in [-0.3, -0.25) is 0 Å². The zero-order valence-electron chi connectivity index (χ0n) is 26.5. The van der Waals surface area contributed by atoms with E-state index in [9.17, 15) is 0 Å². The Kier molecular flexibility index (Phi) is 6.85. The van der Waals surface area contributed by atoms with E-state index in [2.05, 4.69) is 146 Å². The van der Waals surface area contributed by atoms with Crippen molar-refractivity contribution < 1.29 is 4.42 Å². The van der Waals surface area contributed by atoms with Crippen LogP contribution in [0.4, 0.5) is 0 Å². The van der Waals surface area contributed by atoms with E-state index >= 15 is 0 Å². The number of rotatable bonds is 5. The lowest BCUT2D eigenvalue weighted by atomic mass is 9.93. The van der Waals surface area contributed by atoms with Gasteiger partial charge in [0, 0.05) is 11.1 Å². The van der Waals surface area contributed by atoms with Crippen LogP contribution < -0.4 is 0 Å². The number of oxazole rings is 1. The van der Waals surface area contributed by atoms with Crippen molar-refractivity contribution in [2.24, 2.45) is 0 Å². The van der Waals surface area contributed by atoms with Crippen molar-refractivity contribution in [1.29, 1.82) is 5.26 Å². The van der Waals surface area contributed by atoms with Crippen molar-refractivity contribution in [3.8, 4) is 62.0 Å². The first-order valence-electron chi connectivity index (χ1n) is 16.3. The quantitative estimate of drug-likeness (QED) is 0.179. The molecular weight excluding hydrogens is 597 g/mol. The molecule has 0 fully saturated rings. The molecule has 228 valence electrons. The lowest BCUT2D eigenvalue weighted by Gasteiger charge is -2.11. The van der Waals surface area contributed by atoms with Crippen LogP contribution in [0.3, 0.4) is 0 Å². The largest absolute Gasteiger partial charge is 0.436 e. The number of fused-ring (bicyclic) bond motifs is 4. The molecule has 0 aliphatic rings. The summed E-state index contributed by atoms with van der Waals surface area (Å²) >= 11 is 0. The molecule has 1 aromatic heterocycles. The van der Waals surface area contributed by atoms with Crippen molar-refractivity contribution in [1.82, 2.24) is 4.98 Å². The number of hydrogen-bond acceptors (Lipinski definition) is 3. The third-order valence-corrected chi connectivity index (χ3v) is 9.36. The molecule has 1 heterocycles. The lowest BCUT2D eigenvalue weighted by molar-refractivity contribution is 0.620. The van der Waals surface area contributed by atoms with Crippen molar-refractivity contribution in [2.75, 3.05) is 0 Å². The van der Waals surface area contributed by atoms with E-state index in [0.717, 1.165) is 55.6 Å². The van der Waals surface area contributed by atoms with Crippen LogP contribution >= 0.6 is 0 Å². The molecule has 0 unspecified atom stereocenters. The minimum Gasteiger partial charge on any atom is -0.436 e. The second kappa shape index (κ2) is 11.8. The number of benzene rings is 8. The van der Waals surface area contributed by atoms with Gasteiger partial charge in [-0.05, 0) is 103 Å². The number of nitriles is 1. The molecule has 0 atom stereocenters. The minimum absolute atomic E-state index is 0.593. The highest BCUT2D eigenvalue weighted by Crippen LogP contribution is 2.39. The molecule has 0 saturated carbocycles. The predicted octanol–water partition coefficient (Wildman–Crippen LogP) is 12.3. The molecule has 0 aliphatic carbocycles. The first-order valence-corrected chi connectivity index (χ1v) is 16.3. The van der Waals surface area contributed by atoms with E-state index in [0.29, 0.717) is 11.5 Å². The van der Waals surface area contributed by atoms with E-state index in [4.69, 9.17) is 14.7 Å². The van der Waals surface area contributed by atoms with Crippen LogP contribution in [0.25, 0.3) is 88.6 Å². The molecular formula is C46H28N2O. The van der Waals surface area contributed by atoms with Crippen molar-refractivity contribution in [3.63, 3.8) is 0 Å². The number of nitrogens with zero attached hydrogens (tertiary/aromatic N) is 2. The van der Waals surface area contributed by atoms with Gasteiger partial charge in [0.05, 0.1) is 11.6 Å². The van der Waals surface area contributed by atoms with Crippen molar-refractivity contribution in [2.45, 2.75) is 0 Å². The zero-order chi connectivity index (χ0) is 32.7. The smallest absolute Gasteiger partial charge is 0.227 e. The molecule has 9 rings (SSSR count). The average Bonchev–Trinajstić information content (AvgIpc) is 3.62.